The van der Waals surface area contributed by atoms with Crippen LogP contribution in [0.15, 0.2) is 92.9 Å². The van der Waals surface area contributed by atoms with Crippen LogP contribution in [0, 0.1) is 0 Å². The first kappa shape index (κ1) is 18.5. The summed E-state index contributed by atoms with van der Waals surface area (Å²) < 4.78 is 24.5. The Labute approximate surface area is 147 Å². The Bertz CT molecular complexity index is 816. The summed E-state index contributed by atoms with van der Waals surface area (Å²) in [5.41, 5.74) is -1.07. The summed E-state index contributed by atoms with van der Waals surface area (Å²) in [6.45, 7) is 3.35. The van der Waals surface area contributed by atoms with Crippen LogP contribution in [0.3, 0.4) is 0 Å². The molecule has 0 saturated carbocycles. The van der Waals surface area contributed by atoms with Crippen molar-refractivity contribution in [1.29, 1.82) is 0 Å². The third kappa shape index (κ3) is 5.37. The molecule has 0 amide bonds. The predicted molar refractivity (Wildman–Crippen MR) is 99.4 cm³/mol. The molecule has 0 fully saturated rings. The summed E-state index contributed by atoms with van der Waals surface area (Å²) in [5.74, 6) is 0. The van der Waals surface area contributed by atoms with Crippen molar-refractivity contribution in [2.24, 2.45) is 0 Å². The SMILES string of the molecule is CC(C)(O)/C(=C\C=C\S(=O)(=O)c1ccccc1)Sc1ccccc1. The van der Waals surface area contributed by atoms with Crippen molar-refractivity contribution in [2.75, 3.05) is 0 Å². The molecule has 0 heterocycles. The van der Waals surface area contributed by atoms with Crippen molar-refractivity contribution in [1.82, 2.24) is 0 Å². The molecule has 2 aromatic rings. The molecule has 0 aromatic heterocycles. The Morgan fingerprint density at radius 2 is 1.54 bits per heavy atom. The Morgan fingerprint density at radius 1 is 1.00 bits per heavy atom. The zero-order chi connectivity index (χ0) is 17.6. The highest BCUT2D eigenvalue weighted by Crippen LogP contribution is 2.34. The lowest BCUT2D eigenvalue weighted by Crippen LogP contribution is -2.19. The van der Waals surface area contributed by atoms with E-state index in [1.54, 1.807) is 50.3 Å². The van der Waals surface area contributed by atoms with E-state index in [1.165, 1.54) is 17.8 Å². The molecule has 0 radical (unpaired) electrons. The fourth-order valence-corrected chi connectivity index (χ4v) is 3.82. The minimum atomic E-state index is -3.49. The smallest absolute Gasteiger partial charge is 0.199 e. The second kappa shape index (κ2) is 7.83. The van der Waals surface area contributed by atoms with Gasteiger partial charge in [0.25, 0.3) is 0 Å². The lowest BCUT2D eigenvalue weighted by molar-refractivity contribution is 0.129. The zero-order valence-corrected chi connectivity index (χ0v) is 15.2. The van der Waals surface area contributed by atoms with Crippen LogP contribution in [0.25, 0.3) is 0 Å². The van der Waals surface area contributed by atoms with E-state index in [2.05, 4.69) is 0 Å². The van der Waals surface area contributed by atoms with Gasteiger partial charge in [0.1, 0.15) is 0 Å². The first-order valence-electron chi connectivity index (χ1n) is 7.43. The number of rotatable bonds is 6. The van der Waals surface area contributed by atoms with Gasteiger partial charge in [0.2, 0.25) is 0 Å². The Kier molecular flexibility index (Phi) is 6.04. The molecule has 126 valence electrons. The molecule has 5 heteroatoms. The molecule has 0 aliphatic rings. The van der Waals surface area contributed by atoms with Gasteiger partial charge in [0, 0.05) is 15.2 Å². The second-order valence-corrected chi connectivity index (χ2v) is 8.64. The van der Waals surface area contributed by atoms with Gasteiger partial charge < -0.3 is 5.11 Å². The summed E-state index contributed by atoms with van der Waals surface area (Å²) in [5, 5.41) is 11.5. The quantitative estimate of drug-likeness (QED) is 0.612. The third-order valence-electron chi connectivity index (χ3n) is 3.15. The number of allylic oxidation sites excluding steroid dienone is 2. The summed E-state index contributed by atoms with van der Waals surface area (Å²) in [7, 11) is -3.49. The molecule has 0 bridgehead atoms. The topological polar surface area (TPSA) is 54.4 Å². The molecular weight excluding hydrogens is 340 g/mol. The lowest BCUT2D eigenvalue weighted by atomic mass is 10.1. The molecular formula is C19H20O3S2. The van der Waals surface area contributed by atoms with E-state index in [9.17, 15) is 13.5 Å². The van der Waals surface area contributed by atoms with E-state index < -0.39 is 15.4 Å². The normalized spacial score (nSPS) is 13.4. The Morgan fingerprint density at radius 3 is 2.08 bits per heavy atom. The molecule has 0 aliphatic heterocycles. The average Bonchev–Trinajstić information content (AvgIpc) is 2.55. The van der Waals surface area contributed by atoms with E-state index in [1.807, 2.05) is 30.3 Å². The van der Waals surface area contributed by atoms with Crippen molar-refractivity contribution in [2.45, 2.75) is 29.2 Å². The maximum absolute atomic E-state index is 12.2. The summed E-state index contributed by atoms with van der Waals surface area (Å²) in [4.78, 5) is 1.88. The van der Waals surface area contributed by atoms with Gasteiger partial charge >= 0.3 is 0 Å². The number of thioether (sulfide) groups is 1. The molecule has 3 nitrogen and oxygen atoms in total. The van der Waals surface area contributed by atoms with Crippen LogP contribution in [0.4, 0.5) is 0 Å². The third-order valence-corrected chi connectivity index (χ3v) is 5.96. The molecule has 0 unspecified atom stereocenters. The lowest BCUT2D eigenvalue weighted by Gasteiger charge is -2.20. The summed E-state index contributed by atoms with van der Waals surface area (Å²) in [6, 6.07) is 17.9. The summed E-state index contributed by atoms with van der Waals surface area (Å²) in [6.07, 6.45) is 3.10. The predicted octanol–water partition coefficient (Wildman–Crippen LogP) is 4.42. The van der Waals surface area contributed by atoms with Gasteiger partial charge in [-0.25, -0.2) is 8.42 Å². The molecule has 2 rings (SSSR count). The number of benzene rings is 2. The largest absolute Gasteiger partial charge is 0.385 e. The van der Waals surface area contributed by atoms with E-state index >= 15 is 0 Å². The number of sulfone groups is 1. The monoisotopic (exact) mass is 360 g/mol. The fraction of sp³-hybridized carbons (Fsp3) is 0.158. The van der Waals surface area contributed by atoms with E-state index in [0.29, 0.717) is 4.91 Å². The highest BCUT2D eigenvalue weighted by Gasteiger charge is 2.20. The standard InChI is InChI=1S/C19H20O3S2/c1-19(2,20)18(23-16-10-5-3-6-11-16)14-9-15-24(21,22)17-12-7-4-8-13-17/h3-15,20H,1-2H3/b15-9+,18-14+. The van der Waals surface area contributed by atoms with Gasteiger partial charge in [-0.15, -0.1) is 0 Å². The van der Waals surface area contributed by atoms with Crippen molar-refractivity contribution in [3.05, 3.63) is 83.1 Å². The Balaban J connectivity index is 2.24. The zero-order valence-electron chi connectivity index (χ0n) is 13.6. The minimum absolute atomic E-state index is 0.246. The van der Waals surface area contributed by atoms with Crippen molar-refractivity contribution in [3.8, 4) is 0 Å². The van der Waals surface area contributed by atoms with Crippen LogP contribution in [-0.4, -0.2) is 19.1 Å². The van der Waals surface area contributed by atoms with Crippen LogP contribution in [0.5, 0.6) is 0 Å². The van der Waals surface area contributed by atoms with Crippen LogP contribution in [-0.2, 0) is 9.84 Å². The van der Waals surface area contributed by atoms with E-state index in [4.69, 9.17) is 0 Å². The maximum Gasteiger partial charge on any atom is 0.199 e. The van der Waals surface area contributed by atoms with Gasteiger partial charge in [-0.1, -0.05) is 48.2 Å². The van der Waals surface area contributed by atoms with Crippen molar-refractivity contribution in [3.63, 3.8) is 0 Å². The van der Waals surface area contributed by atoms with Crippen LogP contribution < -0.4 is 0 Å². The van der Waals surface area contributed by atoms with E-state index in [0.717, 1.165) is 10.3 Å². The maximum atomic E-state index is 12.2. The van der Waals surface area contributed by atoms with Gasteiger partial charge in [0.15, 0.2) is 9.84 Å². The molecule has 0 aliphatic carbocycles. The van der Waals surface area contributed by atoms with Crippen LogP contribution in [0.1, 0.15) is 13.8 Å². The van der Waals surface area contributed by atoms with Gasteiger partial charge in [-0.2, -0.15) is 0 Å². The van der Waals surface area contributed by atoms with Crippen LogP contribution in [0.2, 0.25) is 0 Å². The minimum Gasteiger partial charge on any atom is -0.385 e. The number of hydrogen-bond acceptors (Lipinski definition) is 4. The highest BCUT2D eigenvalue weighted by molar-refractivity contribution is 8.03. The fourth-order valence-electron chi connectivity index (χ4n) is 1.90. The number of hydrogen-bond donors (Lipinski definition) is 1. The highest BCUT2D eigenvalue weighted by atomic mass is 32.2. The van der Waals surface area contributed by atoms with Gasteiger partial charge in [-0.3, -0.25) is 0 Å². The second-order valence-electron chi connectivity index (χ2n) is 5.69. The van der Waals surface area contributed by atoms with Crippen LogP contribution >= 0.6 is 11.8 Å². The van der Waals surface area contributed by atoms with E-state index in [-0.39, 0.29) is 4.90 Å². The van der Waals surface area contributed by atoms with Crippen molar-refractivity contribution < 1.29 is 13.5 Å². The molecule has 0 atom stereocenters. The first-order chi connectivity index (χ1) is 11.3. The van der Waals surface area contributed by atoms with Gasteiger partial charge in [-0.05, 0) is 50.3 Å². The van der Waals surface area contributed by atoms with Crippen molar-refractivity contribution >= 4 is 21.6 Å². The molecule has 0 spiro atoms. The molecule has 24 heavy (non-hydrogen) atoms. The first-order valence-corrected chi connectivity index (χ1v) is 9.79. The number of aliphatic hydroxyl groups is 1. The molecule has 0 saturated heterocycles. The van der Waals surface area contributed by atoms with Gasteiger partial charge in [0.05, 0.1) is 10.5 Å². The molecule has 1 N–H and O–H groups in total. The molecule has 2 aromatic carbocycles. The average molecular weight is 361 g/mol. The summed E-state index contributed by atoms with van der Waals surface area (Å²) >= 11 is 1.41. The Hall–Kier alpha value is -1.82.